The monoisotopic (exact) mass is 286 g/mol. The number of nitrogens with zero attached hydrogens (tertiary/aromatic N) is 2. The molecule has 20 heavy (non-hydrogen) atoms. The predicted molar refractivity (Wildman–Crippen MR) is 75.8 cm³/mol. The molecule has 100 valence electrons. The number of benzene rings is 2. The van der Waals surface area contributed by atoms with E-state index in [2.05, 4.69) is 10.2 Å². The van der Waals surface area contributed by atoms with Crippen LogP contribution in [-0.4, -0.2) is 25.5 Å². The highest BCUT2D eigenvalue weighted by atomic mass is 32.1. The molecular formula is C14H10N2O3S. The fourth-order valence-electron chi connectivity index (χ4n) is 1.80. The Labute approximate surface area is 118 Å². The Morgan fingerprint density at radius 2 is 1.30 bits per heavy atom. The third-order valence-electron chi connectivity index (χ3n) is 2.80. The number of aromatic nitrogens is 2. The lowest BCUT2D eigenvalue weighted by Crippen LogP contribution is -1.79. The number of phenolic OH excluding ortho intramolecular Hbond substituents is 3. The number of para-hydroxylation sites is 2. The van der Waals surface area contributed by atoms with E-state index in [0.717, 1.165) is 0 Å². The summed E-state index contributed by atoms with van der Waals surface area (Å²) in [5.41, 5.74) is 0.986. The van der Waals surface area contributed by atoms with E-state index in [9.17, 15) is 15.3 Å². The van der Waals surface area contributed by atoms with Gasteiger partial charge < -0.3 is 15.3 Å². The Morgan fingerprint density at radius 3 is 2.05 bits per heavy atom. The molecule has 0 fully saturated rings. The maximum absolute atomic E-state index is 9.82. The molecule has 6 heteroatoms. The minimum atomic E-state index is -0.229. The molecule has 0 spiro atoms. The highest BCUT2D eigenvalue weighted by molar-refractivity contribution is 7.18. The largest absolute Gasteiger partial charge is 0.507 e. The Kier molecular flexibility index (Phi) is 3.00. The predicted octanol–water partition coefficient (Wildman–Crippen LogP) is 2.99. The van der Waals surface area contributed by atoms with Gasteiger partial charge in [-0.05, 0) is 24.3 Å². The average Bonchev–Trinajstić information content (AvgIpc) is 2.92. The van der Waals surface area contributed by atoms with Crippen molar-refractivity contribution in [1.82, 2.24) is 10.2 Å². The minimum absolute atomic E-state index is 0.121. The molecule has 0 radical (unpaired) electrons. The van der Waals surface area contributed by atoms with Crippen LogP contribution in [0.1, 0.15) is 0 Å². The van der Waals surface area contributed by atoms with Crippen LogP contribution in [0.3, 0.4) is 0 Å². The lowest BCUT2D eigenvalue weighted by Gasteiger charge is -2.01. The summed E-state index contributed by atoms with van der Waals surface area (Å²) in [6.07, 6.45) is 0. The third-order valence-corrected chi connectivity index (χ3v) is 3.79. The van der Waals surface area contributed by atoms with Gasteiger partial charge >= 0.3 is 0 Å². The van der Waals surface area contributed by atoms with Crippen LogP contribution < -0.4 is 0 Å². The van der Waals surface area contributed by atoms with Crippen molar-refractivity contribution in [2.45, 2.75) is 0 Å². The first kappa shape index (κ1) is 12.4. The van der Waals surface area contributed by atoms with Gasteiger partial charge in [0, 0.05) is 0 Å². The minimum Gasteiger partial charge on any atom is -0.507 e. The molecule has 3 aromatic rings. The molecule has 0 atom stereocenters. The van der Waals surface area contributed by atoms with Crippen LogP contribution in [0.5, 0.6) is 17.2 Å². The first-order valence-electron chi connectivity index (χ1n) is 5.80. The van der Waals surface area contributed by atoms with Crippen LogP contribution >= 0.6 is 11.3 Å². The van der Waals surface area contributed by atoms with Crippen LogP contribution in [0, 0.1) is 0 Å². The lowest BCUT2D eigenvalue weighted by atomic mass is 10.2. The topological polar surface area (TPSA) is 86.5 Å². The second-order valence-electron chi connectivity index (χ2n) is 4.10. The number of aromatic hydroxyl groups is 3. The standard InChI is InChI=1S/C14H10N2O3S/c17-10-6-2-1-4-8(10)13-15-16-14(20-13)9-5-3-7-11(18)12(9)19/h1-7,17-19H. The molecule has 3 N–H and O–H groups in total. The first-order valence-corrected chi connectivity index (χ1v) is 6.61. The van der Waals surface area contributed by atoms with Crippen molar-refractivity contribution in [3.63, 3.8) is 0 Å². The van der Waals surface area contributed by atoms with Crippen molar-refractivity contribution in [3.8, 4) is 38.4 Å². The Morgan fingerprint density at radius 1 is 0.700 bits per heavy atom. The fourth-order valence-corrected chi connectivity index (χ4v) is 2.70. The van der Waals surface area contributed by atoms with Gasteiger partial charge in [0.15, 0.2) is 21.5 Å². The zero-order valence-corrected chi connectivity index (χ0v) is 11.0. The lowest BCUT2D eigenvalue weighted by molar-refractivity contribution is 0.405. The van der Waals surface area contributed by atoms with Gasteiger partial charge in [0.05, 0.1) is 11.1 Å². The molecule has 0 aliphatic carbocycles. The summed E-state index contributed by atoms with van der Waals surface area (Å²) in [6, 6.07) is 11.5. The van der Waals surface area contributed by atoms with Crippen molar-refractivity contribution in [3.05, 3.63) is 42.5 Å². The number of hydrogen-bond donors (Lipinski definition) is 3. The van der Waals surface area contributed by atoms with Crippen molar-refractivity contribution in [2.75, 3.05) is 0 Å². The summed E-state index contributed by atoms with van der Waals surface area (Å²) in [6.45, 7) is 0. The van der Waals surface area contributed by atoms with Gasteiger partial charge in [0.1, 0.15) is 5.75 Å². The second kappa shape index (κ2) is 4.82. The SMILES string of the molecule is Oc1ccccc1-c1nnc(-c2cccc(O)c2O)s1. The van der Waals surface area contributed by atoms with Gasteiger partial charge in [0.2, 0.25) is 0 Å². The normalized spacial score (nSPS) is 10.6. The summed E-state index contributed by atoms with van der Waals surface area (Å²) < 4.78 is 0. The van der Waals surface area contributed by atoms with Gasteiger partial charge in [-0.25, -0.2) is 0 Å². The summed E-state index contributed by atoms with van der Waals surface area (Å²) >= 11 is 1.22. The molecule has 0 bridgehead atoms. The number of hydrogen-bond acceptors (Lipinski definition) is 6. The Balaban J connectivity index is 2.07. The summed E-state index contributed by atoms with van der Waals surface area (Å²) in [7, 11) is 0. The van der Waals surface area contributed by atoms with Crippen molar-refractivity contribution >= 4 is 11.3 Å². The molecule has 0 saturated carbocycles. The van der Waals surface area contributed by atoms with Gasteiger partial charge in [-0.2, -0.15) is 0 Å². The maximum Gasteiger partial charge on any atom is 0.167 e. The van der Waals surface area contributed by atoms with Gasteiger partial charge in [0.25, 0.3) is 0 Å². The molecular weight excluding hydrogens is 276 g/mol. The molecule has 0 unspecified atom stereocenters. The van der Waals surface area contributed by atoms with Crippen LogP contribution in [0.15, 0.2) is 42.5 Å². The Bertz CT molecular complexity index is 771. The molecule has 0 aliphatic heterocycles. The van der Waals surface area contributed by atoms with Crippen molar-refractivity contribution < 1.29 is 15.3 Å². The van der Waals surface area contributed by atoms with Crippen LogP contribution in [0.2, 0.25) is 0 Å². The van der Waals surface area contributed by atoms with E-state index in [1.807, 2.05) is 0 Å². The molecule has 1 aromatic heterocycles. The van der Waals surface area contributed by atoms with Crippen molar-refractivity contribution in [1.29, 1.82) is 0 Å². The van der Waals surface area contributed by atoms with E-state index in [1.54, 1.807) is 36.4 Å². The van der Waals surface area contributed by atoms with E-state index in [0.29, 0.717) is 21.1 Å². The molecule has 0 aliphatic rings. The van der Waals surface area contributed by atoms with Gasteiger partial charge in [-0.3, -0.25) is 0 Å². The summed E-state index contributed by atoms with van der Waals surface area (Å²) in [5, 5.41) is 38.1. The van der Waals surface area contributed by atoms with Crippen LogP contribution in [-0.2, 0) is 0 Å². The van der Waals surface area contributed by atoms with E-state index < -0.39 is 0 Å². The zero-order valence-electron chi connectivity index (χ0n) is 10.2. The fraction of sp³-hybridized carbons (Fsp3) is 0. The third kappa shape index (κ3) is 2.06. The Hall–Kier alpha value is -2.60. The highest BCUT2D eigenvalue weighted by Gasteiger charge is 2.15. The first-order chi connectivity index (χ1) is 9.66. The second-order valence-corrected chi connectivity index (χ2v) is 5.08. The molecule has 2 aromatic carbocycles. The number of phenols is 3. The van der Waals surface area contributed by atoms with Crippen LogP contribution in [0.4, 0.5) is 0 Å². The molecule has 3 rings (SSSR count). The molecule has 1 heterocycles. The average molecular weight is 286 g/mol. The molecule has 5 nitrogen and oxygen atoms in total. The highest BCUT2D eigenvalue weighted by Crippen LogP contribution is 2.40. The van der Waals surface area contributed by atoms with E-state index in [4.69, 9.17) is 0 Å². The quantitative estimate of drug-likeness (QED) is 0.630. The zero-order chi connectivity index (χ0) is 14.1. The summed E-state index contributed by atoms with van der Waals surface area (Å²) in [5.74, 6) is -0.315. The van der Waals surface area contributed by atoms with Crippen LogP contribution in [0.25, 0.3) is 21.1 Å². The van der Waals surface area contributed by atoms with Gasteiger partial charge in [-0.15, -0.1) is 10.2 Å². The number of rotatable bonds is 2. The van der Waals surface area contributed by atoms with Crippen molar-refractivity contribution in [2.24, 2.45) is 0 Å². The van der Waals surface area contributed by atoms with E-state index in [-0.39, 0.29) is 17.2 Å². The van der Waals surface area contributed by atoms with Gasteiger partial charge in [-0.1, -0.05) is 29.5 Å². The summed E-state index contributed by atoms with van der Waals surface area (Å²) in [4.78, 5) is 0. The van der Waals surface area contributed by atoms with E-state index >= 15 is 0 Å². The molecule has 0 saturated heterocycles. The maximum atomic E-state index is 9.82. The smallest absolute Gasteiger partial charge is 0.167 e. The molecule has 0 amide bonds. The van der Waals surface area contributed by atoms with E-state index in [1.165, 1.54) is 17.4 Å².